The third kappa shape index (κ3) is 3.93. The maximum atomic E-state index is 13.2. The number of carbonyl (C=O) groups excluding carboxylic acids is 1. The molecule has 2 aromatic carbocycles. The minimum atomic E-state index is -3.70. The minimum Gasteiger partial charge on any atom is -0.336 e. The van der Waals surface area contributed by atoms with Crippen molar-refractivity contribution < 1.29 is 13.2 Å². The Labute approximate surface area is 185 Å². The van der Waals surface area contributed by atoms with E-state index in [9.17, 15) is 18.0 Å². The van der Waals surface area contributed by atoms with E-state index >= 15 is 0 Å². The highest BCUT2D eigenvalue weighted by Crippen LogP contribution is 2.25. The van der Waals surface area contributed by atoms with Crippen molar-refractivity contribution in [3.63, 3.8) is 0 Å². The van der Waals surface area contributed by atoms with Gasteiger partial charge in [-0.2, -0.15) is 4.31 Å². The summed E-state index contributed by atoms with van der Waals surface area (Å²) in [6, 6.07) is 10.6. The van der Waals surface area contributed by atoms with Crippen LogP contribution in [0.1, 0.15) is 28.4 Å². The van der Waals surface area contributed by atoms with Crippen LogP contribution in [0.15, 0.2) is 46.1 Å². The van der Waals surface area contributed by atoms with Crippen molar-refractivity contribution in [2.75, 3.05) is 26.2 Å². The molecule has 0 bridgehead atoms. The summed E-state index contributed by atoms with van der Waals surface area (Å²) in [4.78, 5) is 26.8. The zero-order valence-electron chi connectivity index (χ0n) is 17.8. The summed E-state index contributed by atoms with van der Waals surface area (Å²) in [5.41, 5.74) is 3.43. The second-order valence-electron chi connectivity index (χ2n) is 7.76. The molecular formula is C22H25N3O4S2. The first kappa shape index (κ1) is 21.7. The molecule has 1 aromatic heterocycles. The molecule has 9 heteroatoms. The predicted octanol–water partition coefficient (Wildman–Crippen LogP) is 2.85. The van der Waals surface area contributed by atoms with Gasteiger partial charge in [0.15, 0.2) is 0 Å². The van der Waals surface area contributed by atoms with E-state index in [1.54, 1.807) is 27.7 Å². The fourth-order valence-corrected chi connectivity index (χ4v) is 6.53. The molecule has 7 nitrogen and oxygen atoms in total. The van der Waals surface area contributed by atoms with Crippen molar-refractivity contribution in [2.45, 2.75) is 32.2 Å². The van der Waals surface area contributed by atoms with Gasteiger partial charge in [-0.1, -0.05) is 29.0 Å². The van der Waals surface area contributed by atoms with Crippen LogP contribution in [-0.2, 0) is 16.6 Å². The van der Waals surface area contributed by atoms with Crippen LogP contribution in [0.5, 0.6) is 0 Å². The summed E-state index contributed by atoms with van der Waals surface area (Å²) in [5.74, 6) is -0.0679. The first-order chi connectivity index (χ1) is 14.7. The van der Waals surface area contributed by atoms with Crippen LogP contribution in [0.25, 0.3) is 10.2 Å². The van der Waals surface area contributed by atoms with Crippen LogP contribution < -0.4 is 4.87 Å². The second kappa shape index (κ2) is 8.22. The Morgan fingerprint density at radius 3 is 2.39 bits per heavy atom. The van der Waals surface area contributed by atoms with Crippen LogP contribution in [0, 0.1) is 13.8 Å². The van der Waals surface area contributed by atoms with E-state index < -0.39 is 10.0 Å². The number of aromatic nitrogens is 1. The van der Waals surface area contributed by atoms with Gasteiger partial charge in [-0.3, -0.25) is 14.2 Å². The molecule has 2 heterocycles. The number of amides is 1. The molecule has 0 N–H and O–H groups in total. The Morgan fingerprint density at radius 2 is 1.74 bits per heavy atom. The Bertz CT molecular complexity index is 1320. The third-order valence-corrected chi connectivity index (χ3v) is 8.57. The average molecular weight is 460 g/mol. The molecule has 1 amide bonds. The highest BCUT2D eigenvalue weighted by molar-refractivity contribution is 7.89. The van der Waals surface area contributed by atoms with E-state index in [1.807, 2.05) is 39.0 Å². The Hall–Kier alpha value is -2.49. The summed E-state index contributed by atoms with van der Waals surface area (Å²) in [6.07, 6.45) is 0. The number of thiazole rings is 1. The molecule has 0 saturated carbocycles. The Balaban J connectivity index is 1.52. The van der Waals surface area contributed by atoms with Crippen molar-refractivity contribution in [1.29, 1.82) is 0 Å². The summed E-state index contributed by atoms with van der Waals surface area (Å²) >= 11 is 1.06. The SMILES string of the molecule is CCn1c(=O)sc2cc(S(=O)(=O)N3CCN(C(=O)c4ccc(C)cc4C)CC3)ccc21. The van der Waals surface area contributed by atoms with Crippen LogP contribution in [-0.4, -0.2) is 54.3 Å². The number of sulfonamides is 1. The molecule has 0 radical (unpaired) electrons. The quantitative estimate of drug-likeness (QED) is 0.601. The van der Waals surface area contributed by atoms with Gasteiger partial charge in [0.1, 0.15) is 0 Å². The van der Waals surface area contributed by atoms with Crippen molar-refractivity contribution in [3.05, 3.63) is 62.8 Å². The first-order valence-electron chi connectivity index (χ1n) is 10.2. The molecule has 3 aromatic rings. The number of benzene rings is 2. The van der Waals surface area contributed by atoms with Crippen molar-refractivity contribution in [2.24, 2.45) is 0 Å². The van der Waals surface area contributed by atoms with Gasteiger partial charge in [-0.25, -0.2) is 8.42 Å². The lowest BCUT2D eigenvalue weighted by molar-refractivity contribution is 0.0697. The van der Waals surface area contributed by atoms with E-state index in [0.717, 1.165) is 28.0 Å². The van der Waals surface area contributed by atoms with Crippen LogP contribution in [0.3, 0.4) is 0 Å². The standard InChI is InChI=1S/C22H25N3O4S2/c1-4-25-19-8-6-17(14-20(19)30-22(25)27)31(28,29)24-11-9-23(10-12-24)21(26)18-7-5-15(2)13-16(18)3/h5-8,13-14H,4,9-12H2,1-3H3. The number of carbonyl (C=O) groups is 1. The molecule has 31 heavy (non-hydrogen) atoms. The van der Waals surface area contributed by atoms with Crippen molar-refractivity contribution in [3.8, 4) is 0 Å². The molecule has 164 valence electrons. The van der Waals surface area contributed by atoms with Crippen molar-refractivity contribution in [1.82, 2.24) is 13.8 Å². The van der Waals surface area contributed by atoms with Gasteiger partial charge in [0.25, 0.3) is 5.91 Å². The van der Waals surface area contributed by atoms with Gasteiger partial charge >= 0.3 is 4.87 Å². The molecule has 0 spiro atoms. The molecule has 0 aliphatic carbocycles. The van der Waals surface area contributed by atoms with Gasteiger partial charge in [0, 0.05) is 38.3 Å². The van der Waals surface area contributed by atoms with E-state index in [-0.39, 0.29) is 28.8 Å². The molecule has 1 saturated heterocycles. The van der Waals surface area contributed by atoms with Crippen molar-refractivity contribution >= 4 is 37.5 Å². The lowest BCUT2D eigenvalue weighted by Crippen LogP contribution is -2.50. The fourth-order valence-electron chi connectivity index (χ4n) is 4.01. The van der Waals surface area contributed by atoms with Crippen LogP contribution >= 0.6 is 11.3 Å². The Morgan fingerprint density at radius 1 is 1.03 bits per heavy atom. The largest absolute Gasteiger partial charge is 0.336 e. The van der Waals surface area contributed by atoms with Gasteiger partial charge < -0.3 is 4.90 Å². The summed E-state index contributed by atoms with van der Waals surface area (Å²) in [5, 5.41) is 0. The maximum Gasteiger partial charge on any atom is 0.308 e. The zero-order chi connectivity index (χ0) is 22.3. The first-order valence-corrected chi connectivity index (χ1v) is 12.5. The number of hydrogen-bond donors (Lipinski definition) is 0. The Kier molecular flexibility index (Phi) is 5.76. The number of piperazine rings is 1. The summed E-state index contributed by atoms with van der Waals surface area (Å²) in [7, 11) is -3.70. The highest BCUT2D eigenvalue weighted by Gasteiger charge is 2.31. The van der Waals surface area contributed by atoms with Crippen LogP contribution in [0.2, 0.25) is 0 Å². The van der Waals surface area contributed by atoms with Gasteiger partial charge in [0.2, 0.25) is 10.0 Å². The second-order valence-corrected chi connectivity index (χ2v) is 10.7. The lowest BCUT2D eigenvalue weighted by atomic mass is 10.0. The maximum absolute atomic E-state index is 13.2. The fraction of sp³-hybridized carbons (Fsp3) is 0.364. The molecule has 4 rings (SSSR count). The highest BCUT2D eigenvalue weighted by atomic mass is 32.2. The zero-order valence-corrected chi connectivity index (χ0v) is 19.4. The molecule has 1 fully saturated rings. The molecule has 1 aliphatic rings. The van der Waals surface area contributed by atoms with E-state index in [4.69, 9.17) is 0 Å². The summed E-state index contributed by atoms with van der Waals surface area (Å²) in [6.45, 7) is 7.49. The lowest BCUT2D eigenvalue weighted by Gasteiger charge is -2.34. The number of rotatable bonds is 4. The monoisotopic (exact) mass is 459 g/mol. The molecule has 1 aliphatic heterocycles. The third-order valence-electron chi connectivity index (χ3n) is 5.73. The molecule has 0 atom stereocenters. The number of fused-ring (bicyclic) bond motifs is 1. The number of aryl methyl sites for hydroxylation is 3. The molecular weight excluding hydrogens is 434 g/mol. The van der Waals surface area contributed by atoms with Gasteiger partial charge in [0.05, 0.1) is 15.1 Å². The average Bonchev–Trinajstić information content (AvgIpc) is 3.07. The smallest absolute Gasteiger partial charge is 0.308 e. The van der Waals surface area contributed by atoms with Gasteiger partial charge in [-0.05, 0) is 50.6 Å². The molecule has 0 unspecified atom stereocenters. The normalized spacial score (nSPS) is 15.5. The number of hydrogen-bond acceptors (Lipinski definition) is 5. The number of nitrogens with zero attached hydrogens (tertiary/aromatic N) is 3. The van der Waals surface area contributed by atoms with Crippen LogP contribution in [0.4, 0.5) is 0 Å². The van der Waals surface area contributed by atoms with E-state index in [0.29, 0.717) is 29.9 Å². The van der Waals surface area contributed by atoms with E-state index in [2.05, 4.69) is 0 Å². The summed E-state index contributed by atoms with van der Waals surface area (Å²) < 4.78 is 30.1. The predicted molar refractivity (Wildman–Crippen MR) is 122 cm³/mol. The van der Waals surface area contributed by atoms with E-state index in [1.165, 1.54) is 4.31 Å². The topological polar surface area (TPSA) is 79.7 Å². The minimum absolute atomic E-state index is 0.0679. The van der Waals surface area contributed by atoms with Gasteiger partial charge in [-0.15, -0.1) is 0 Å².